The number of fused-ring (bicyclic) bond motifs is 1. The van der Waals surface area contributed by atoms with E-state index in [-0.39, 0.29) is 12.3 Å². The molecule has 1 amide bonds. The topological polar surface area (TPSA) is 72.2 Å². The van der Waals surface area contributed by atoms with Gasteiger partial charge < -0.3 is 9.72 Å². The van der Waals surface area contributed by atoms with Crippen molar-refractivity contribution >= 4 is 28.0 Å². The molecule has 0 radical (unpaired) electrons. The molecule has 0 aliphatic rings. The molecule has 3 rings (SSSR count). The first-order chi connectivity index (χ1) is 9.74. The van der Waals surface area contributed by atoms with Gasteiger partial charge in [0.15, 0.2) is 0 Å². The van der Waals surface area contributed by atoms with Gasteiger partial charge in [-0.3, -0.25) is 4.79 Å². The Hall–Kier alpha value is -2.28. The Kier molecular flexibility index (Phi) is 3.42. The molecular formula is C13H13N5OS. The van der Waals surface area contributed by atoms with Gasteiger partial charge in [-0.15, -0.1) is 10.2 Å². The summed E-state index contributed by atoms with van der Waals surface area (Å²) in [6.45, 7) is 2.00. The van der Waals surface area contributed by atoms with Gasteiger partial charge in [-0.25, -0.2) is 4.98 Å². The minimum Gasteiger partial charge on any atom is -0.307 e. The Morgan fingerprint density at radius 2 is 2.30 bits per heavy atom. The third-order valence-electron chi connectivity index (χ3n) is 2.77. The summed E-state index contributed by atoms with van der Waals surface area (Å²) in [6, 6.07) is 5.74. The van der Waals surface area contributed by atoms with Crippen molar-refractivity contribution in [2.75, 3.05) is 5.32 Å². The number of anilines is 1. The average Bonchev–Trinajstić information content (AvgIpc) is 3.04. The van der Waals surface area contributed by atoms with Crippen molar-refractivity contribution in [3.8, 4) is 0 Å². The van der Waals surface area contributed by atoms with E-state index in [0.29, 0.717) is 5.13 Å². The van der Waals surface area contributed by atoms with E-state index < -0.39 is 0 Å². The first-order valence-corrected chi connectivity index (χ1v) is 7.11. The zero-order chi connectivity index (χ0) is 13.9. The number of carbonyl (C=O) groups is 1. The fourth-order valence-corrected chi connectivity index (χ4v) is 2.54. The molecule has 7 heteroatoms. The third kappa shape index (κ3) is 2.67. The zero-order valence-electron chi connectivity index (χ0n) is 10.9. The number of carbonyl (C=O) groups excluding carboxylic acids is 1. The normalized spacial score (nSPS) is 10.8. The first-order valence-electron chi connectivity index (χ1n) is 6.29. The molecule has 0 saturated heterocycles. The van der Waals surface area contributed by atoms with Crippen LogP contribution < -0.4 is 5.32 Å². The maximum atomic E-state index is 11.9. The predicted octanol–water partition coefficient (Wildman–Crippen LogP) is 1.93. The lowest BCUT2D eigenvalue weighted by atomic mass is 10.3. The van der Waals surface area contributed by atoms with Crippen LogP contribution in [0.1, 0.15) is 17.6 Å². The van der Waals surface area contributed by atoms with Crippen molar-refractivity contribution in [1.82, 2.24) is 19.6 Å². The van der Waals surface area contributed by atoms with Gasteiger partial charge >= 0.3 is 0 Å². The van der Waals surface area contributed by atoms with Crippen LogP contribution in [0.4, 0.5) is 5.13 Å². The van der Waals surface area contributed by atoms with Gasteiger partial charge in [0, 0.05) is 12.4 Å². The number of imidazole rings is 1. The molecule has 20 heavy (non-hydrogen) atoms. The van der Waals surface area contributed by atoms with E-state index in [0.717, 1.165) is 22.8 Å². The average molecular weight is 287 g/mol. The van der Waals surface area contributed by atoms with Gasteiger partial charge in [-0.05, 0) is 18.6 Å². The van der Waals surface area contributed by atoms with Gasteiger partial charge in [0.2, 0.25) is 11.0 Å². The van der Waals surface area contributed by atoms with Crippen molar-refractivity contribution in [2.24, 2.45) is 0 Å². The van der Waals surface area contributed by atoms with Crippen LogP contribution in [0.2, 0.25) is 0 Å². The molecule has 3 aromatic rings. The molecule has 0 fully saturated rings. The van der Waals surface area contributed by atoms with Crippen LogP contribution in [0.15, 0.2) is 30.6 Å². The largest absolute Gasteiger partial charge is 0.307 e. The van der Waals surface area contributed by atoms with E-state index >= 15 is 0 Å². The SMILES string of the molecule is CCc1nnc(NC(=O)Cc2cn3ccccc3n2)s1. The Labute approximate surface area is 119 Å². The number of aryl methyl sites for hydroxylation is 1. The smallest absolute Gasteiger partial charge is 0.232 e. The quantitative estimate of drug-likeness (QED) is 0.796. The minimum absolute atomic E-state index is 0.132. The van der Waals surface area contributed by atoms with Crippen LogP contribution >= 0.6 is 11.3 Å². The van der Waals surface area contributed by atoms with Crippen LogP contribution in [-0.4, -0.2) is 25.5 Å². The maximum absolute atomic E-state index is 11.9. The van der Waals surface area contributed by atoms with Gasteiger partial charge in [0.1, 0.15) is 10.7 Å². The van der Waals surface area contributed by atoms with Crippen molar-refractivity contribution in [3.05, 3.63) is 41.3 Å². The summed E-state index contributed by atoms with van der Waals surface area (Å²) in [6.07, 6.45) is 4.80. The Balaban J connectivity index is 1.69. The van der Waals surface area contributed by atoms with Crippen LogP contribution in [0, 0.1) is 0 Å². The van der Waals surface area contributed by atoms with Gasteiger partial charge in [0.25, 0.3) is 0 Å². The molecule has 102 valence electrons. The summed E-state index contributed by atoms with van der Waals surface area (Å²) in [5.41, 5.74) is 1.56. The second-order valence-electron chi connectivity index (χ2n) is 4.28. The summed E-state index contributed by atoms with van der Waals surface area (Å²) in [7, 11) is 0. The number of hydrogen-bond donors (Lipinski definition) is 1. The van der Waals surface area contributed by atoms with Crippen LogP contribution in [0.25, 0.3) is 5.65 Å². The lowest BCUT2D eigenvalue weighted by molar-refractivity contribution is -0.115. The molecular weight excluding hydrogens is 274 g/mol. The van der Waals surface area contributed by atoms with Gasteiger partial charge in [-0.2, -0.15) is 0 Å². The summed E-state index contributed by atoms with van der Waals surface area (Å²) in [5, 5.41) is 12.1. The van der Waals surface area contributed by atoms with Gasteiger partial charge in [-0.1, -0.05) is 24.3 Å². The highest BCUT2D eigenvalue weighted by Crippen LogP contribution is 2.15. The second-order valence-corrected chi connectivity index (χ2v) is 5.34. The van der Waals surface area contributed by atoms with E-state index in [1.165, 1.54) is 11.3 Å². The van der Waals surface area contributed by atoms with Crippen molar-refractivity contribution in [3.63, 3.8) is 0 Å². The number of rotatable bonds is 4. The number of nitrogens with one attached hydrogen (secondary N) is 1. The highest BCUT2D eigenvalue weighted by Gasteiger charge is 2.10. The first kappa shape index (κ1) is 12.7. The van der Waals surface area contributed by atoms with E-state index in [1.54, 1.807) is 0 Å². The molecule has 0 aliphatic heterocycles. The highest BCUT2D eigenvalue weighted by molar-refractivity contribution is 7.15. The van der Waals surface area contributed by atoms with E-state index in [4.69, 9.17) is 0 Å². The molecule has 3 aromatic heterocycles. The van der Waals surface area contributed by atoms with Crippen LogP contribution in [0.5, 0.6) is 0 Å². The monoisotopic (exact) mass is 287 g/mol. The van der Waals surface area contributed by atoms with E-state index in [2.05, 4.69) is 20.5 Å². The maximum Gasteiger partial charge on any atom is 0.232 e. The molecule has 0 bridgehead atoms. The van der Waals surface area contributed by atoms with E-state index in [1.807, 2.05) is 41.9 Å². The minimum atomic E-state index is -0.132. The number of nitrogens with zero attached hydrogens (tertiary/aromatic N) is 4. The number of pyridine rings is 1. The standard InChI is InChI=1S/C13H13N5OS/c1-2-12-16-17-13(20-12)15-11(19)7-9-8-18-6-4-3-5-10(18)14-9/h3-6,8H,2,7H2,1H3,(H,15,17,19). The summed E-state index contributed by atoms with van der Waals surface area (Å²) in [5.74, 6) is -0.132. The fraction of sp³-hybridized carbons (Fsp3) is 0.231. The molecule has 0 aliphatic carbocycles. The Morgan fingerprint density at radius 1 is 1.40 bits per heavy atom. The summed E-state index contributed by atoms with van der Waals surface area (Å²) in [4.78, 5) is 16.3. The third-order valence-corrected chi connectivity index (χ3v) is 3.75. The number of aromatic nitrogens is 4. The molecule has 6 nitrogen and oxygen atoms in total. The fourth-order valence-electron chi connectivity index (χ4n) is 1.85. The molecule has 0 unspecified atom stereocenters. The number of hydrogen-bond acceptors (Lipinski definition) is 5. The summed E-state index contributed by atoms with van der Waals surface area (Å²) >= 11 is 1.40. The zero-order valence-corrected chi connectivity index (χ0v) is 11.7. The number of amides is 1. The Bertz CT molecular complexity index is 715. The predicted molar refractivity (Wildman–Crippen MR) is 76.8 cm³/mol. The second kappa shape index (κ2) is 5.38. The molecule has 3 heterocycles. The molecule has 1 N–H and O–H groups in total. The van der Waals surface area contributed by atoms with Crippen LogP contribution in [0.3, 0.4) is 0 Å². The highest BCUT2D eigenvalue weighted by atomic mass is 32.1. The molecule has 0 aromatic carbocycles. The summed E-state index contributed by atoms with van der Waals surface area (Å²) < 4.78 is 1.89. The lowest BCUT2D eigenvalue weighted by Gasteiger charge is -1.97. The Morgan fingerprint density at radius 3 is 3.05 bits per heavy atom. The van der Waals surface area contributed by atoms with Crippen LogP contribution in [-0.2, 0) is 17.6 Å². The van der Waals surface area contributed by atoms with Crippen molar-refractivity contribution in [2.45, 2.75) is 19.8 Å². The molecule has 0 atom stereocenters. The molecule has 0 saturated carbocycles. The molecule has 0 spiro atoms. The van der Waals surface area contributed by atoms with Crippen molar-refractivity contribution in [1.29, 1.82) is 0 Å². The van der Waals surface area contributed by atoms with E-state index in [9.17, 15) is 4.79 Å². The lowest BCUT2D eigenvalue weighted by Crippen LogP contribution is -2.14. The van der Waals surface area contributed by atoms with Gasteiger partial charge in [0.05, 0.1) is 12.1 Å². The van der Waals surface area contributed by atoms with Crippen molar-refractivity contribution < 1.29 is 4.79 Å².